The van der Waals surface area contributed by atoms with Gasteiger partial charge in [0.15, 0.2) is 11.5 Å². The first-order valence-electron chi connectivity index (χ1n) is 9.12. The number of fused-ring (bicyclic) bond motifs is 3. The number of rotatable bonds is 5. The van der Waals surface area contributed by atoms with Crippen LogP contribution in [-0.2, 0) is 0 Å². The number of benzene rings is 2. The first-order valence-corrected chi connectivity index (χ1v) is 10.4. The van der Waals surface area contributed by atoms with Gasteiger partial charge in [-0.25, -0.2) is 0 Å². The minimum absolute atomic E-state index is 0.0183. The van der Waals surface area contributed by atoms with E-state index in [4.69, 9.17) is 21.1 Å². The first-order chi connectivity index (χ1) is 13.7. The molecule has 0 spiro atoms. The molecule has 1 aliphatic rings. The Morgan fingerprint density at radius 1 is 1.07 bits per heavy atom. The average molecular weight is 416 g/mol. The second kappa shape index (κ2) is 8.11. The highest BCUT2D eigenvalue weighted by atomic mass is 35.5. The van der Waals surface area contributed by atoms with E-state index in [0.717, 1.165) is 22.6 Å². The van der Waals surface area contributed by atoms with Crippen LogP contribution in [0.2, 0.25) is 5.02 Å². The van der Waals surface area contributed by atoms with Gasteiger partial charge in [0, 0.05) is 34.3 Å². The maximum atomic E-state index is 9.69. The lowest BCUT2D eigenvalue weighted by molar-refractivity contribution is 0.286. The standard InChI is InChI=1S/C22H22ClNO3S/c1-26-19-7-3-5-15(21(19)27-2)22-16-13-14(23)8-9-17(16)24-11-4-6-18(24)20(28-22)10-12-25/h3-9,11,13,20,22,25H,10,12H2,1-2H3/t20-,22-/m1/s1. The molecule has 2 heterocycles. The lowest BCUT2D eigenvalue weighted by atomic mass is 10.0. The summed E-state index contributed by atoms with van der Waals surface area (Å²) in [5.74, 6) is 1.43. The Morgan fingerprint density at radius 2 is 1.93 bits per heavy atom. The molecule has 0 amide bonds. The van der Waals surface area contributed by atoms with Gasteiger partial charge in [-0.15, -0.1) is 11.8 Å². The Kier molecular flexibility index (Phi) is 5.58. The number of thioether (sulfide) groups is 1. The molecule has 6 heteroatoms. The van der Waals surface area contributed by atoms with E-state index in [1.54, 1.807) is 26.0 Å². The number of aromatic nitrogens is 1. The number of methoxy groups -OCH3 is 2. The van der Waals surface area contributed by atoms with Crippen molar-refractivity contribution in [2.24, 2.45) is 0 Å². The van der Waals surface area contributed by atoms with Gasteiger partial charge >= 0.3 is 0 Å². The van der Waals surface area contributed by atoms with Crippen LogP contribution in [0.3, 0.4) is 0 Å². The van der Waals surface area contributed by atoms with Gasteiger partial charge in [-0.1, -0.05) is 23.7 Å². The molecule has 146 valence electrons. The van der Waals surface area contributed by atoms with Crippen LogP contribution in [0.25, 0.3) is 5.69 Å². The highest BCUT2D eigenvalue weighted by Gasteiger charge is 2.32. The van der Waals surface area contributed by atoms with Crippen molar-refractivity contribution in [1.82, 2.24) is 4.57 Å². The number of aliphatic hydroxyl groups is 1. The van der Waals surface area contributed by atoms with Crippen molar-refractivity contribution in [2.45, 2.75) is 16.9 Å². The number of ether oxygens (including phenoxy) is 2. The van der Waals surface area contributed by atoms with Gasteiger partial charge in [0.05, 0.1) is 25.2 Å². The highest BCUT2D eigenvalue weighted by Crippen LogP contribution is 2.53. The summed E-state index contributed by atoms with van der Waals surface area (Å²) < 4.78 is 13.5. The summed E-state index contributed by atoms with van der Waals surface area (Å²) in [6.45, 7) is 0.127. The molecule has 0 aliphatic carbocycles. The first kappa shape index (κ1) is 19.2. The quantitative estimate of drug-likeness (QED) is 0.605. The van der Waals surface area contributed by atoms with Crippen LogP contribution in [0.5, 0.6) is 11.5 Å². The van der Waals surface area contributed by atoms with E-state index in [2.05, 4.69) is 29.0 Å². The molecule has 0 fully saturated rings. The average Bonchev–Trinajstić information content (AvgIpc) is 3.15. The van der Waals surface area contributed by atoms with Crippen LogP contribution in [0, 0.1) is 0 Å². The summed E-state index contributed by atoms with van der Waals surface area (Å²) in [6, 6.07) is 16.1. The van der Waals surface area contributed by atoms with Crippen LogP contribution < -0.4 is 9.47 Å². The predicted octanol–water partition coefficient (Wildman–Crippen LogP) is 5.41. The zero-order chi connectivity index (χ0) is 19.7. The van der Waals surface area contributed by atoms with Crippen molar-refractivity contribution in [1.29, 1.82) is 0 Å². The fourth-order valence-corrected chi connectivity index (χ4v) is 5.58. The Hall–Kier alpha value is -2.08. The highest BCUT2D eigenvalue weighted by molar-refractivity contribution is 8.00. The second-order valence-corrected chi connectivity index (χ2v) is 8.36. The number of hydrogen-bond donors (Lipinski definition) is 1. The van der Waals surface area contributed by atoms with Crippen LogP contribution in [0.15, 0.2) is 54.7 Å². The Bertz CT molecular complexity index is 988. The van der Waals surface area contributed by atoms with Crippen molar-refractivity contribution in [3.05, 3.63) is 76.6 Å². The van der Waals surface area contributed by atoms with Crippen molar-refractivity contribution >= 4 is 23.4 Å². The molecule has 1 aromatic heterocycles. The van der Waals surface area contributed by atoms with E-state index >= 15 is 0 Å². The Labute approximate surface area is 174 Å². The predicted molar refractivity (Wildman–Crippen MR) is 114 cm³/mol. The molecule has 0 unspecified atom stereocenters. The largest absolute Gasteiger partial charge is 0.493 e. The van der Waals surface area contributed by atoms with Gasteiger partial charge < -0.3 is 19.1 Å². The fourth-order valence-electron chi connectivity index (χ4n) is 3.83. The van der Waals surface area contributed by atoms with Crippen LogP contribution in [0.1, 0.15) is 33.7 Å². The van der Waals surface area contributed by atoms with Gasteiger partial charge in [-0.2, -0.15) is 0 Å². The summed E-state index contributed by atoms with van der Waals surface area (Å²) in [5, 5.41) is 10.5. The lowest BCUT2D eigenvalue weighted by Gasteiger charge is -2.24. The van der Waals surface area contributed by atoms with E-state index in [1.807, 2.05) is 30.3 Å². The molecular formula is C22H22ClNO3S. The number of nitrogens with zero attached hydrogens (tertiary/aromatic N) is 1. The molecule has 2 aromatic carbocycles. The van der Waals surface area contributed by atoms with E-state index < -0.39 is 0 Å². The maximum Gasteiger partial charge on any atom is 0.165 e. The third-order valence-electron chi connectivity index (χ3n) is 5.05. The molecule has 4 rings (SSSR count). The minimum atomic E-state index is -0.0183. The van der Waals surface area contributed by atoms with Crippen LogP contribution >= 0.6 is 23.4 Å². The third-order valence-corrected chi connectivity index (χ3v) is 6.87. The lowest BCUT2D eigenvalue weighted by Crippen LogP contribution is -2.04. The zero-order valence-electron chi connectivity index (χ0n) is 15.8. The molecule has 0 saturated heterocycles. The molecule has 3 aromatic rings. The summed E-state index contributed by atoms with van der Waals surface area (Å²) >= 11 is 8.20. The van der Waals surface area contributed by atoms with Gasteiger partial charge in [-0.3, -0.25) is 0 Å². The summed E-state index contributed by atoms with van der Waals surface area (Å²) in [7, 11) is 3.31. The van der Waals surface area contributed by atoms with E-state index in [9.17, 15) is 5.11 Å². The van der Waals surface area contributed by atoms with E-state index in [-0.39, 0.29) is 17.1 Å². The van der Waals surface area contributed by atoms with E-state index in [1.165, 1.54) is 5.69 Å². The molecule has 2 atom stereocenters. The van der Waals surface area contributed by atoms with Gasteiger partial charge in [-0.05, 0) is 48.4 Å². The summed E-state index contributed by atoms with van der Waals surface area (Å²) in [6.07, 6.45) is 2.73. The minimum Gasteiger partial charge on any atom is -0.493 e. The molecule has 1 N–H and O–H groups in total. The van der Waals surface area contributed by atoms with Gasteiger partial charge in [0.25, 0.3) is 0 Å². The maximum absolute atomic E-state index is 9.69. The molecule has 0 saturated carbocycles. The van der Waals surface area contributed by atoms with Crippen molar-refractivity contribution in [2.75, 3.05) is 20.8 Å². The summed E-state index contributed by atoms with van der Waals surface area (Å²) in [5.41, 5.74) is 4.41. The molecule has 28 heavy (non-hydrogen) atoms. The van der Waals surface area contributed by atoms with Gasteiger partial charge in [0.1, 0.15) is 0 Å². The van der Waals surface area contributed by atoms with Crippen molar-refractivity contribution < 1.29 is 14.6 Å². The van der Waals surface area contributed by atoms with Crippen molar-refractivity contribution in [3.63, 3.8) is 0 Å². The molecule has 0 bridgehead atoms. The second-order valence-electron chi connectivity index (χ2n) is 6.61. The third kappa shape index (κ3) is 3.28. The number of halogens is 1. The monoisotopic (exact) mass is 415 g/mol. The fraction of sp³-hybridized carbons (Fsp3) is 0.273. The van der Waals surface area contributed by atoms with Crippen molar-refractivity contribution in [3.8, 4) is 17.2 Å². The zero-order valence-corrected chi connectivity index (χ0v) is 17.3. The van der Waals surface area contributed by atoms with Crippen LogP contribution in [0.4, 0.5) is 0 Å². The smallest absolute Gasteiger partial charge is 0.165 e. The molecule has 4 nitrogen and oxygen atoms in total. The Morgan fingerprint density at radius 3 is 2.68 bits per heavy atom. The molecular weight excluding hydrogens is 394 g/mol. The number of aliphatic hydroxyl groups excluding tert-OH is 1. The molecule has 0 radical (unpaired) electrons. The molecule has 1 aliphatic heterocycles. The Balaban J connectivity index is 1.95. The normalized spacial score (nSPS) is 18.1. The number of hydrogen-bond acceptors (Lipinski definition) is 4. The van der Waals surface area contributed by atoms with Crippen LogP contribution in [-0.4, -0.2) is 30.5 Å². The number of para-hydroxylation sites is 1. The summed E-state index contributed by atoms with van der Waals surface area (Å²) in [4.78, 5) is 0. The SMILES string of the molecule is COc1cccc([C@H]2S[C@H](CCO)c3cccn3-c3ccc(Cl)cc32)c1OC. The van der Waals surface area contributed by atoms with E-state index in [0.29, 0.717) is 17.2 Å². The van der Waals surface area contributed by atoms with Gasteiger partial charge in [0.2, 0.25) is 0 Å². The topological polar surface area (TPSA) is 43.6 Å².